The summed E-state index contributed by atoms with van der Waals surface area (Å²) in [5.41, 5.74) is 7.44. The first-order valence-electron chi connectivity index (χ1n) is 11.7. The summed E-state index contributed by atoms with van der Waals surface area (Å²) in [6.07, 6.45) is 0.847. The summed E-state index contributed by atoms with van der Waals surface area (Å²) in [6.45, 7) is 4.92. The molecule has 4 aromatic heterocycles. The summed E-state index contributed by atoms with van der Waals surface area (Å²) in [4.78, 5) is 20.9. The van der Waals surface area contributed by atoms with Crippen LogP contribution in [0.1, 0.15) is 48.1 Å². The fourth-order valence-electron chi connectivity index (χ4n) is 4.47. The molecule has 5 rings (SSSR count). The van der Waals surface area contributed by atoms with Gasteiger partial charge in [-0.25, -0.2) is 4.52 Å². The molecule has 2 atom stereocenters. The number of anilines is 1. The Labute approximate surface area is 209 Å². The van der Waals surface area contributed by atoms with Gasteiger partial charge in [-0.3, -0.25) is 14.5 Å². The van der Waals surface area contributed by atoms with Gasteiger partial charge >= 0.3 is 6.18 Å². The van der Waals surface area contributed by atoms with E-state index in [1.165, 1.54) is 16.8 Å². The Hall–Kier alpha value is -4.00. The van der Waals surface area contributed by atoms with Crippen LogP contribution in [0.3, 0.4) is 0 Å². The maximum atomic E-state index is 13.1. The number of nitrogens with two attached hydrogens (primary N) is 1. The predicted molar refractivity (Wildman–Crippen MR) is 128 cm³/mol. The number of hydrogen-bond donors (Lipinski definition) is 2. The van der Waals surface area contributed by atoms with Gasteiger partial charge in [-0.2, -0.15) is 23.3 Å². The molecule has 0 spiro atoms. The maximum absolute atomic E-state index is 13.1. The SMILES string of the molecule is CC(C)C(c1ccc(C(F)(F)F)nc1)n1cc(-c2cc(C(=O)N[C@H]3CCOC3)n3nc(N)nc3c2)cn1. The lowest BCUT2D eigenvalue weighted by Gasteiger charge is -2.22. The molecule has 4 aromatic rings. The minimum Gasteiger partial charge on any atom is -0.379 e. The Morgan fingerprint density at radius 1 is 1.22 bits per heavy atom. The smallest absolute Gasteiger partial charge is 0.379 e. The average molecular weight is 515 g/mol. The number of nitrogens with zero attached hydrogens (tertiary/aromatic N) is 6. The van der Waals surface area contributed by atoms with Gasteiger partial charge in [0.1, 0.15) is 11.4 Å². The van der Waals surface area contributed by atoms with Crippen molar-refractivity contribution in [2.75, 3.05) is 18.9 Å². The van der Waals surface area contributed by atoms with Crippen molar-refractivity contribution in [1.82, 2.24) is 34.7 Å². The number of alkyl halides is 3. The van der Waals surface area contributed by atoms with E-state index in [2.05, 4.69) is 25.5 Å². The van der Waals surface area contributed by atoms with Crippen LogP contribution in [0.15, 0.2) is 42.9 Å². The summed E-state index contributed by atoms with van der Waals surface area (Å²) >= 11 is 0. The van der Waals surface area contributed by atoms with Gasteiger partial charge in [0.05, 0.1) is 24.9 Å². The van der Waals surface area contributed by atoms with Gasteiger partial charge < -0.3 is 15.8 Å². The molecule has 0 saturated carbocycles. The number of amides is 1. The molecule has 5 heterocycles. The van der Waals surface area contributed by atoms with Crippen LogP contribution >= 0.6 is 0 Å². The molecule has 1 aliphatic heterocycles. The molecule has 10 nitrogen and oxygen atoms in total. The number of halogens is 3. The minimum atomic E-state index is -4.51. The van der Waals surface area contributed by atoms with E-state index in [1.54, 1.807) is 29.2 Å². The van der Waals surface area contributed by atoms with Crippen LogP contribution in [-0.4, -0.2) is 54.5 Å². The van der Waals surface area contributed by atoms with Crippen LogP contribution in [0, 0.1) is 5.92 Å². The van der Waals surface area contributed by atoms with Crippen LogP contribution in [0.4, 0.5) is 19.1 Å². The zero-order chi connectivity index (χ0) is 26.3. The van der Waals surface area contributed by atoms with E-state index in [4.69, 9.17) is 10.5 Å². The molecule has 1 saturated heterocycles. The van der Waals surface area contributed by atoms with Crippen LogP contribution in [0.25, 0.3) is 16.8 Å². The maximum Gasteiger partial charge on any atom is 0.433 e. The van der Waals surface area contributed by atoms with Gasteiger partial charge in [0.2, 0.25) is 5.95 Å². The second kappa shape index (κ2) is 9.47. The van der Waals surface area contributed by atoms with E-state index in [9.17, 15) is 18.0 Å². The normalized spacial score (nSPS) is 17.0. The fraction of sp³-hybridized carbons (Fsp3) is 0.375. The van der Waals surface area contributed by atoms with Gasteiger partial charge in [-0.15, -0.1) is 5.10 Å². The topological polar surface area (TPSA) is 125 Å². The Bertz CT molecular complexity index is 1420. The summed E-state index contributed by atoms with van der Waals surface area (Å²) < 4.78 is 47.3. The summed E-state index contributed by atoms with van der Waals surface area (Å²) in [5.74, 6) is -0.309. The number of aromatic nitrogens is 6. The monoisotopic (exact) mass is 514 g/mol. The van der Waals surface area contributed by atoms with Crippen molar-refractivity contribution in [3.8, 4) is 11.1 Å². The quantitative estimate of drug-likeness (QED) is 0.404. The average Bonchev–Trinajstić information content (AvgIpc) is 3.59. The van der Waals surface area contributed by atoms with E-state index in [0.717, 1.165) is 12.5 Å². The first kappa shape index (κ1) is 24.7. The third-order valence-corrected chi connectivity index (χ3v) is 6.22. The van der Waals surface area contributed by atoms with Crippen LogP contribution < -0.4 is 11.1 Å². The number of pyridine rings is 2. The second-order valence-corrected chi connectivity index (χ2v) is 9.28. The van der Waals surface area contributed by atoms with Crippen molar-refractivity contribution in [2.24, 2.45) is 5.92 Å². The van der Waals surface area contributed by atoms with E-state index < -0.39 is 11.9 Å². The fourth-order valence-corrected chi connectivity index (χ4v) is 4.47. The van der Waals surface area contributed by atoms with Gasteiger partial charge in [0.15, 0.2) is 5.65 Å². The first-order chi connectivity index (χ1) is 17.6. The van der Waals surface area contributed by atoms with E-state index >= 15 is 0 Å². The minimum absolute atomic E-state index is 0.0000283. The number of hydrogen-bond acceptors (Lipinski definition) is 7. The highest BCUT2D eigenvalue weighted by Gasteiger charge is 2.32. The number of nitrogen functional groups attached to an aromatic ring is 1. The number of carbonyl (C=O) groups excluding carboxylic acids is 1. The van der Waals surface area contributed by atoms with Gasteiger partial charge in [-0.1, -0.05) is 19.9 Å². The molecular formula is C24H25F3N8O2. The third-order valence-electron chi connectivity index (χ3n) is 6.22. The van der Waals surface area contributed by atoms with Crippen LogP contribution in [-0.2, 0) is 10.9 Å². The zero-order valence-electron chi connectivity index (χ0n) is 20.1. The van der Waals surface area contributed by atoms with E-state index in [-0.39, 0.29) is 35.6 Å². The summed E-state index contributed by atoms with van der Waals surface area (Å²) in [6, 6.07) is 5.35. The molecule has 0 aromatic carbocycles. The molecule has 1 fully saturated rings. The number of carbonyl (C=O) groups is 1. The van der Waals surface area contributed by atoms with Crippen molar-refractivity contribution in [2.45, 2.75) is 38.5 Å². The summed E-state index contributed by atoms with van der Waals surface area (Å²) in [5, 5.41) is 11.6. The molecule has 0 radical (unpaired) electrons. The van der Waals surface area contributed by atoms with Crippen molar-refractivity contribution in [1.29, 1.82) is 0 Å². The number of fused-ring (bicyclic) bond motifs is 1. The molecule has 1 unspecified atom stereocenters. The lowest BCUT2D eigenvalue weighted by atomic mass is 9.97. The highest BCUT2D eigenvalue weighted by molar-refractivity contribution is 5.95. The van der Waals surface area contributed by atoms with Gasteiger partial charge in [-0.05, 0) is 41.7 Å². The van der Waals surface area contributed by atoms with Crippen LogP contribution in [0.2, 0.25) is 0 Å². The molecule has 0 bridgehead atoms. The Morgan fingerprint density at radius 2 is 2.03 bits per heavy atom. The Balaban J connectivity index is 1.49. The van der Waals surface area contributed by atoms with E-state index in [0.29, 0.717) is 35.6 Å². The lowest BCUT2D eigenvalue weighted by molar-refractivity contribution is -0.141. The highest BCUT2D eigenvalue weighted by Crippen LogP contribution is 2.32. The van der Waals surface area contributed by atoms with Crippen molar-refractivity contribution in [3.05, 3.63) is 59.8 Å². The second-order valence-electron chi connectivity index (χ2n) is 9.28. The molecule has 3 N–H and O–H groups in total. The van der Waals surface area contributed by atoms with Crippen molar-refractivity contribution >= 4 is 17.5 Å². The largest absolute Gasteiger partial charge is 0.433 e. The first-order valence-corrected chi connectivity index (χ1v) is 11.7. The van der Waals surface area contributed by atoms with Crippen molar-refractivity contribution in [3.63, 3.8) is 0 Å². The molecule has 0 aliphatic carbocycles. The molecule has 1 amide bonds. The molecule has 194 valence electrons. The van der Waals surface area contributed by atoms with Gasteiger partial charge in [0, 0.05) is 24.6 Å². The standard InChI is InChI=1S/C24H25F3N8O2/c1-13(2)21(14-3-4-19(29-9-14)24(25,26)27)34-11-16(10-30-34)15-7-18(22(36)31-17-5-6-37-12-17)35-20(8-15)32-23(28)33-35/h3-4,7-11,13,17,21H,5-6,12H2,1-2H3,(H2,28,33)(H,31,36)/t17-,21?/m0/s1. The molecule has 37 heavy (non-hydrogen) atoms. The Morgan fingerprint density at radius 3 is 2.68 bits per heavy atom. The highest BCUT2D eigenvalue weighted by atomic mass is 19.4. The Kier molecular flexibility index (Phi) is 6.31. The molecule has 13 heteroatoms. The number of rotatable bonds is 6. The molecule has 1 aliphatic rings. The molecular weight excluding hydrogens is 489 g/mol. The third kappa shape index (κ3) is 4.99. The lowest BCUT2D eigenvalue weighted by Crippen LogP contribution is -2.36. The van der Waals surface area contributed by atoms with E-state index in [1.807, 2.05) is 13.8 Å². The van der Waals surface area contributed by atoms with Crippen LogP contribution in [0.5, 0.6) is 0 Å². The zero-order valence-corrected chi connectivity index (χ0v) is 20.1. The predicted octanol–water partition coefficient (Wildman–Crippen LogP) is 3.35. The number of ether oxygens (including phenoxy) is 1. The van der Waals surface area contributed by atoms with Crippen molar-refractivity contribution < 1.29 is 22.7 Å². The van der Waals surface area contributed by atoms with Gasteiger partial charge in [0.25, 0.3) is 5.91 Å². The summed E-state index contributed by atoms with van der Waals surface area (Å²) in [7, 11) is 0. The number of nitrogens with one attached hydrogen (secondary N) is 1.